The third-order valence-electron chi connectivity index (χ3n) is 4.05. The fourth-order valence-corrected chi connectivity index (χ4v) is 2.88. The van der Waals surface area contributed by atoms with E-state index >= 15 is 0 Å². The van der Waals surface area contributed by atoms with Crippen LogP contribution in [0.4, 0.5) is 0 Å². The summed E-state index contributed by atoms with van der Waals surface area (Å²) in [5, 5.41) is 0.932. The smallest absolute Gasteiger partial charge is 0.196 e. The molecule has 0 amide bonds. The molecule has 1 saturated heterocycles. The molecule has 22 heavy (non-hydrogen) atoms. The Hall–Kier alpha value is -2.59. The highest BCUT2D eigenvalue weighted by Crippen LogP contribution is 2.44. The van der Waals surface area contributed by atoms with E-state index in [2.05, 4.69) is 4.98 Å². The number of methoxy groups -OCH3 is 1. The number of hydrogen-bond acceptors (Lipinski definition) is 3. The fourth-order valence-electron chi connectivity index (χ4n) is 2.88. The number of para-hydroxylation sites is 2. The van der Waals surface area contributed by atoms with E-state index in [0.29, 0.717) is 5.56 Å². The van der Waals surface area contributed by atoms with Gasteiger partial charge in [-0.25, -0.2) is 0 Å². The number of aromatic amines is 1. The molecule has 2 aromatic carbocycles. The lowest BCUT2D eigenvalue weighted by molar-refractivity contribution is 0.0955. The number of hydrogen-bond donors (Lipinski definition) is 1. The molecule has 1 fully saturated rings. The van der Waals surface area contributed by atoms with E-state index in [1.807, 2.05) is 48.5 Å². The van der Waals surface area contributed by atoms with Crippen LogP contribution >= 0.6 is 0 Å². The highest BCUT2D eigenvalue weighted by Gasteiger charge is 2.47. The predicted octanol–water partition coefficient (Wildman–Crippen LogP) is 3.50. The highest BCUT2D eigenvalue weighted by molar-refractivity contribution is 6.11. The van der Waals surface area contributed by atoms with Gasteiger partial charge < -0.3 is 14.5 Å². The van der Waals surface area contributed by atoms with Gasteiger partial charge in [0.2, 0.25) is 0 Å². The van der Waals surface area contributed by atoms with E-state index in [1.165, 1.54) is 0 Å². The van der Waals surface area contributed by atoms with Gasteiger partial charge in [0.1, 0.15) is 11.9 Å². The summed E-state index contributed by atoms with van der Waals surface area (Å²) in [4.78, 5) is 15.8. The molecule has 1 aliphatic heterocycles. The van der Waals surface area contributed by atoms with Crippen molar-refractivity contribution in [3.63, 3.8) is 0 Å². The van der Waals surface area contributed by atoms with Crippen molar-refractivity contribution in [2.75, 3.05) is 7.11 Å². The van der Waals surface area contributed by atoms with E-state index in [9.17, 15) is 4.79 Å². The number of aromatic nitrogens is 1. The van der Waals surface area contributed by atoms with Crippen molar-refractivity contribution in [3.8, 4) is 5.75 Å². The number of benzene rings is 2. The lowest BCUT2D eigenvalue weighted by Gasteiger charge is -2.04. The number of ether oxygens (including phenoxy) is 2. The molecule has 0 unspecified atom stereocenters. The molecule has 0 radical (unpaired) electrons. The Morgan fingerprint density at radius 2 is 1.91 bits per heavy atom. The first kappa shape index (κ1) is 13.1. The van der Waals surface area contributed by atoms with Crippen molar-refractivity contribution in [2.45, 2.75) is 12.2 Å². The number of carbonyl (C=O) groups is 1. The second-order valence-corrected chi connectivity index (χ2v) is 5.33. The second kappa shape index (κ2) is 5.00. The summed E-state index contributed by atoms with van der Waals surface area (Å²) in [6.07, 6.45) is 1.10. The average molecular weight is 293 g/mol. The number of fused-ring (bicyclic) bond motifs is 1. The zero-order valence-corrected chi connectivity index (χ0v) is 12.1. The van der Waals surface area contributed by atoms with Gasteiger partial charge in [-0.05, 0) is 12.1 Å². The molecule has 0 saturated carbocycles. The van der Waals surface area contributed by atoms with Gasteiger partial charge in [-0.3, -0.25) is 4.79 Å². The Kier molecular flexibility index (Phi) is 2.98. The van der Waals surface area contributed by atoms with E-state index in [1.54, 1.807) is 13.3 Å². The molecule has 1 N–H and O–H groups in total. The minimum atomic E-state index is -0.435. The first-order valence-electron chi connectivity index (χ1n) is 7.18. The summed E-state index contributed by atoms with van der Waals surface area (Å²) in [5.74, 6) is 0.759. The van der Waals surface area contributed by atoms with Crippen molar-refractivity contribution >= 4 is 16.7 Å². The minimum Gasteiger partial charge on any atom is -0.496 e. The van der Waals surface area contributed by atoms with Crippen LogP contribution in [0.25, 0.3) is 10.9 Å². The lowest BCUT2D eigenvalue weighted by atomic mass is 10.0. The lowest BCUT2D eigenvalue weighted by Crippen LogP contribution is -2.08. The molecule has 4 heteroatoms. The van der Waals surface area contributed by atoms with Crippen LogP contribution in [0.5, 0.6) is 5.75 Å². The molecule has 110 valence electrons. The fraction of sp³-hybridized carbons (Fsp3) is 0.167. The van der Waals surface area contributed by atoms with Gasteiger partial charge in [-0.15, -0.1) is 0 Å². The molecule has 0 bridgehead atoms. The number of epoxide rings is 1. The molecule has 1 aromatic heterocycles. The molecule has 1 aliphatic rings. The van der Waals surface area contributed by atoms with Crippen LogP contribution in [0.1, 0.15) is 22.0 Å². The monoisotopic (exact) mass is 293 g/mol. The van der Waals surface area contributed by atoms with Crippen molar-refractivity contribution in [2.24, 2.45) is 0 Å². The molecular formula is C18H15NO3. The van der Waals surface area contributed by atoms with Crippen LogP contribution < -0.4 is 4.74 Å². The van der Waals surface area contributed by atoms with Crippen LogP contribution in [-0.4, -0.2) is 24.0 Å². The number of carbonyl (C=O) groups excluding carboxylic acids is 1. The number of ketones is 1. The van der Waals surface area contributed by atoms with Gasteiger partial charge in [-0.1, -0.05) is 36.4 Å². The van der Waals surface area contributed by atoms with Crippen molar-refractivity contribution < 1.29 is 14.3 Å². The Bertz CT molecular complexity index is 852. The maximum Gasteiger partial charge on any atom is 0.196 e. The molecule has 0 spiro atoms. The zero-order chi connectivity index (χ0) is 15.1. The Morgan fingerprint density at radius 3 is 2.77 bits per heavy atom. The standard InChI is InChI=1S/C18H15NO3/c1-21-15-9-5-3-7-12(15)17-18(22-17)16(20)13-10-19-14-8-4-2-6-11(13)14/h2-10,17-19H,1H3/t17-,18-/m0/s1. The summed E-state index contributed by atoms with van der Waals surface area (Å²) < 4.78 is 11.0. The van der Waals surface area contributed by atoms with Crippen molar-refractivity contribution in [3.05, 3.63) is 65.9 Å². The van der Waals surface area contributed by atoms with Gasteiger partial charge in [0.25, 0.3) is 0 Å². The average Bonchev–Trinajstić information content (AvgIpc) is 3.25. The largest absolute Gasteiger partial charge is 0.496 e. The summed E-state index contributed by atoms with van der Waals surface area (Å²) in [7, 11) is 1.62. The molecule has 4 nitrogen and oxygen atoms in total. The highest BCUT2D eigenvalue weighted by atomic mass is 16.6. The van der Waals surface area contributed by atoms with E-state index < -0.39 is 6.10 Å². The number of rotatable bonds is 4. The van der Waals surface area contributed by atoms with Crippen molar-refractivity contribution in [1.82, 2.24) is 4.98 Å². The van der Waals surface area contributed by atoms with Gasteiger partial charge in [-0.2, -0.15) is 0 Å². The van der Waals surface area contributed by atoms with Crippen LogP contribution in [0.3, 0.4) is 0 Å². The van der Waals surface area contributed by atoms with Gasteiger partial charge in [0.05, 0.1) is 7.11 Å². The maximum absolute atomic E-state index is 12.7. The van der Waals surface area contributed by atoms with Crippen LogP contribution in [0, 0.1) is 0 Å². The molecule has 4 rings (SSSR count). The quantitative estimate of drug-likeness (QED) is 0.591. The van der Waals surface area contributed by atoms with Gasteiger partial charge in [0, 0.05) is 28.2 Å². The normalized spacial score (nSPS) is 20.0. The zero-order valence-electron chi connectivity index (χ0n) is 12.1. The van der Waals surface area contributed by atoms with Crippen LogP contribution in [0.2, 0.25) is 0 Å². The van der Waals surface area contributed by atoms with Crippen molar-refractivity contribution in [1.29, 1.82) is 0 Å². The first-order valence-corrected chi connectivity index (χ1v) is 7.18. The van der Waals surface area contributed by atoms with Gasteiger partial charge in [0.15, 0.2) is 11.9 Å². The second-order valence-electron chi connectivity index (χ2n) is 5.33. The van der Waals surface area contributed by atoms with Crippen LogP contribution in [-0.2, 0) is 4.74 Å². The third-order valence-corrected chi connectivity index (χ3v) is 4.05. The molecule has 3 aromatic rings. The predicted molar refractivity (Wildman–Crippen MR) is 83.2 cm³/mol. The first-order chi connectivity index (χ1) is 10.8. The molecular weight excluding hydrogens is 278 g/mol. The Morgan fingerprint density at radius 1 is 1.14 bits per heavy atom. The minimum absolute atomic E-state index is 0.00774. The molecule has 2 atom stereocenters. The topological polar surface area (TPSA) is 54.6 Å². The SMILES string of the molecule is COc1ccccc1[C@@H]1O[C@H]1C(=O)c1c[nH]c2ccccc12. The third kappa shape index (κ3) is 2.00. The molecule has 0 aliphatic carbocycles. The summed E-state index contributed by atoms with van der Waals surface area (Å²) in [5.41, 5.74) is 2.56. The van der Waals surface area contributed by atoms with Gasteiger partial charge >= 0.3 is 0 Å². The number of Topliss-reactive ketones (excluding diaryl/α,β-unsaturated/α-hetero) is 1. The Labute approximate surface area is 127 Å². The van der Waals surface area contributed by atoms with E-state index in [4.69, 9.17) is 9.47 Å². The molecule has 2 heterocycles. The van der Waals surface area contributed by atoms with E-state index in [0.717, 1.165) is 22.2 Å². The summed E-state index contributed by atoms with van der Waals surface area (Å²) in [6.45, 7) is 0. The maximum atomic E-state index is 12.7. The summed E-state index contributed by atoms with van der Waals surface area (Å²) >= 11 is 0. The van der Waals surface area contributed by atoms with Crippen LogP contribution in [0.15, 0.2) is 54.7 Å². The van der Waals surface area contributed by atoms with E-state index in [-0.39, 0.29) is 11.9 Å². The Balaban J connectivity index is 1.63. The number of nitrogens with one attached hydrogen (secondary N) is 1. The number of H-pyrrole nitrogens is 1. The summed E-state index contributed by atoms with van der Waals surface area (Å²) in [6, 6.07) is 15.4.